The number of carboxylic acids is 1. The molecule has 0 aromatic heterocycles. The van der Waals surface area contributed by atoms with Crippen LogP contribution < -0.4 is 10.5 Å². The van der Waals surface area contributed by atoms with Gasteiger partial charge in [0.15, 0.2) is 0 Å². The lowest BCUT2D eigenvalue weighted by atomic mass is 9.99. The van der Waals surface area contributed by atoms with Crippen LogP contribution >= 0.6 is 12.4 Å². The number of aliphatic carboxylic acids is 1. The monoisotopic (exact) mass is 299 g/mol. The van der Waals surface area contributed by atoms with Crippen LogP contribution in [0.4, 0.5) is 13.2 Å². The first-order valence-electron chi connectivity index (χ1n) is 5.09. The Labute approximate surface area is 113 Å². The van der Waals surface area contributed by atoms with E-state index in [1.807, 2.05) is 0 Å². The maximum Gasteiger partial charge on any atom is 0.573 e. The minimum atomic E-state index is -4.77. The summed E-state index contributed by atoms with van der Waals surface area (Å²) in [5, 5.41) is 8.80. The number of carbonyl (C=O) groups is 1. The molecule has 1 rings (SSSR count). The van der Waals surface area contributed by atoms with Crippen LogP contribution in [0, 0.1) is 5.92 Å². The molecule has 19 heavy (non-hydrogen) atoms. The van der Waals surface area contributed by atoms with Gasteiger partial charge < -0.3 is 15.6 Å². The fourth-order valence-electron chi connectivity index (χ4n) is 1.43. The van der Waals surface area contributed by atoms with Crippen molar-refractivity contribution < 1.29 is 27.8 Å². The lowest BCUT2D eigenvalue weighted by Gasteiger charge is -2.12. The molecule has 0 amide bonds. The van der Waals surface area contributed by atoms with Gasteiger partial charge in [0, 0.05) is 6.54 Å². The Morgan fingerprint density at radius 3 is 2.53 bits per heavy atom. The van der Waals surface area contributed by atoms with Gasteiger partial charge in [0.2, 0.25) is 0 Å². The van der Waals surface area contributed by atoms with Gasteiger partial charge in [-0.1, -0.05) is 12.1 Å². The maximum absolute atomic E-state index is 12.0. The molecule has 0 radical (unpaired) electrons. The van der Waals surface area contributed by atoms with Gasteiger partial charge in [-0.15, -0.1) is 25.6 Å². The first kappa shape index (κ1) is 17.5. The normalized spacial score (nSPS) is 12.4. The van der Waals surface area contributed by atoms with Gasteiger partial charge in [-0.3, -0.25) is 4.79 Å². The number of halogens is 4. The second kappa shape index (κ2) is 7.20. The van der Waals surface area contributed by atoms with Crippen molar-refractivity contribution in [1.29, 1.82) is 0 Å². The molecule has 4 nitrogen and oxygen atoms in total. The van der Waals surface area contributed by atoms with E-state index in [-0.39, 0.29) is 31.1 Å². The molecule has 0 unspecified atom stereocenters. The van der Waals surface area contributed by atoms with Crippen LogP contribution in [0.1, 0.15) is 5.56 Å². The van der Waals surface area contributed by atoms with Gasteiger partial charge in [0.1, 0.15) is 5.75 Å². The minimum absolute atomic E-state index is 0. The third kappa shape index (κ3) is 6.30. The summed E-state index contributed by atoms with van der Waals surface area (Å²) in [6.07, 6.45) is -4.71. The van der Waals surface area contributed by atoms with E-state index in [9.17, 15) is 18.0 Å². The Bertz CT molecular complexity index is 426. The average molecular weight is 300 g/mol. The maximum atomic E-state index is 12.0. The van der Waals surface area contributed by atoms with Crippen LogP contribution in [0.25, 0.3) is 0 Å². The molecule has 0 fully saturated rings. The van der Waals surface area contributed by atoms with Crippen molar-refractivity contribution in [2.24, 2.45) is 11.7 Å². The van der Waals surface area contributed by atoms with Crippen LogP contribution in [0.5, 0.6) is 5.75 Å². The number of nitrogens with two attached hydrogens (primary N) is 1. The smallest absolute Gasteiger partial charge is 0.481 e. The molecule has 1 aromatic rings. The van der Waals surface area contributed by atoms with Gasteiger partial charge in [-0.25, -0.2) is 0 Å². The quantitative estimate of drug-likeness (QED) is 0.874. The summed E-state index contributed by atoms with van der Waals surface area (Å²) in [6.45, 7) is -0.0836. The largest absolute Gasteiger partial charge is 0.573 e. The molecule has 1 atom stereocenters. The van der Waals surface area contributed by atoms with Crippen molar-refractivity contribution in [3.8, 4) is 5.75 Å². The van der Waals surface area contributed by atoms with Crippen LogP contribution in [0.3, 0.4) is 0 Å². The van der Waals surface area contributed by atoms with Crippen molar-refractivity contribution in [1.82, 2.24) is 0 Å². The highest BCUT2D eigenvalue weighted by atomic mass is 35.5. The zero-order chi connectivity index (χ0) is 13.8. The second-order valence-electron chi connectivity index (χ2n) is 3.67. The molecule has 0 spiro atoms. The summed E-state index contributed by atoms with van der Waals surface area (Å²) in [4.78, 5) is 10.8. The van der Waals surface area contributed by atoms with E-state index < -0.39 is 18.2 Å². The van der Waals surface area contributed by atoms with Gasteiger partial charge in [-0.05, 0) is 24.1 Å². The zero-order valence-electron chi connectivity index (χ0n) is 9.68. The Morgan fingerprint density at radius 1 is 1.42 bits per heavy atom. The number of alkyl halides is 3. The third-order valence-corrected chi connectivity index (χ3v) is 2.25. The van der Waals surface area contributed by atoms with E-state index in [0.717, 1.165) is 12.1 Å². The molecule has 0 saturated heterocycles. The van der Waals surface area contributed by atoms with Crippen molar-refractivity contribution in [2.75, 3.05) is 6.54 Å². The highest BCUT2D eigenvalue weighted by molar-refractivity contribution is 5.85. The Kier molecular flexibility index (Phi) is 6.64. The number of carboxylic acid groups (broad SMARTS) is 1. The first-order chi connectivity index (χ1) is 8.31. The summed E-state index contributed by atoms with van der Waals surface area (Å²) in [6, 6.07) is 5.19. The molecular weight excluding hydrogens is 287 g/mol. The first-order valence-corrected chi connectivity index (χ1v) is 5.09. The van der Waals surface area contributed by atoms with E-state index in [0.29, 0.717) is 5.56 Å². The second-order valence-corrected chi connectivity index (χ2v) is 3.67. The highest BCUT2D eigenvalue weighted by Gasteiger charge is 2.31. The Balaban J connectivity index is 0.00000324. The molecule has 0 bridgehead atoms. The predicted molar refractivity (Wildman–Crippen MR) is 64.3 cm³/mol. The van der Waals surface area contributed by atoms with E-state index >= 15 is 0 Å². The van der Waals surface area contributed by atoms with Crippen LogP contribution in [0.2, 0.25) is 0 Å². The molecule has 108 valence electrons. The lowest BCUT2D eigenvalue weighted by Crippen LogP contribution is -2.25. The van der Waals surface area contributed by atoms with E-state index in [1.165, 1.54) is 12.1 Å². The minimum Gasteiger partial charge on any atom is -0.481 e. The van der Waals surface area contributed by atoms with Gasteiger partial charge in [-0.2, -0.15) is 0 Å². The number of ether oxygens (including phenoxy) is 1. The molecule has 3 N–H and O–H groups in total. The molecule has 8 heteroatoms. The van der Waals surface area contributed by atoms with Crippen molar-refractivity contribution >= 4 is 18.4 Å². The number of rotatable bonds is 5. The summed E-state index contributed by atoms with van der Waals surface area (Å²) < 4.78 is 39.7. The molecular formula is C11H13ClF3NO3. The van der Waals surface area contributed by atoms with Crippen molar-refractivity contribution in [2.45, 2.75) is 12.8 Å². The van der Waals surface area contributed by atoms with Crippen LogP contribution in [0.15, 0.2) is 24.3 Å². The molecule has 0 aliphatic carbocycles. The van der Waals surface area contributed by atoms with Gasteiger partial charge in [0.25, 0.3) is 0 Å². The van der Waals surface area contributed by atoms with Crippen LogP contribution in [-0.4, -0.2) is 24.0 Å². The van der Waals surface area contributed by atoms with E-state index in [2.05, 4.69) is 4.74 Å². The van der Waals surface area contributed by atoms with Crippen LogP contribution in [-0.2, 0) is 11.2 Å². The molecule has 0 heterocycles. The number of benzene rings is 1. The average Bonchev–Trinajstić information content (AvgIpc) is 2.23. The van der Waals surface area contributed by atoms with E-state index in [4.69, 9.17) is 10.8 Å². The lowest BCUT2D eigenvalue weighted by molar-refractivity contribution is -0.274. The molecule has 0 aliphatic rings. The van der Waals surface area contributed by atoms with Crippen molar-refractivity contribution in [3.05, 3.63) is 29.8 Å². The summed E-state index contributed by atoms with van der Waals surface area (Å²) in [7, 11) is 0. The molecule has 0 saturated carbocycles. The summed E-state index contributed by atoms with van der Waals surface area (Å²) in [5.74, 6) is -2.29. The zero-order valence-corrected chi connectivity index (χ0v) is 10.5. The van der Waals surface area contributed by atoms with Crippen molar-refractivity contribution in [3.63, 3.8) is 0 Å². The van der Waals surface area contributed by atoms with Gasteiger partial charge >= 0.3 is 12.3 Å². The number of hydrogen-bond donors (Lipinski definition) is 2. The highest BCUT2D eigenvalue weighted by Crippen LogP contribution is 2.24. The fourth-order valence-corrected chi connectivity index (χ4v) is 1.43. The Hall–Kier alpha value is -1.47. The molecule has 0 aliphatic heterocycles. The standard InChI is InChI=1S/C11H12F3NO3.ClH/c12-11(13,14)18-9-3-1-2-7(5-9)4-8(6-15)10(16)17;/h1-3,5,8H,4,6,15H2,(H,16,17);1H/t8-;/m1./s1. The number of hydrogen-bond acceptors (Lipinski definition) is 3. The fraction of sp³-hybridized carbons (Fsp3) is 0.364. The predicted octanol–water partition coefficient (Wildman–Crippen LogP) is 2.21. The van der Waals surface area contributed by atoms with E-state index in [1.54, 1.807) is 0 Å². The third-order valence-electron chi connectivity index (χ3n) is 2.25. The summed E-state index contributed by atoms with van der Waals surface area (Å²) >= 11 is 0. The van der Waals surface area contributed by atoms with Gasteiger partial charge in [0.05, 0.1) is 5.92 Å². The molecule has 1 aromatic carbocycles. The topological polar surface area (TPSA) is 72.5 Å². The summed E-state index contributed by atoms with van der Waals surface area (Å²) in [5.41, 5.74) is 5.69. The SMILES string of the molecule is Cl.NC[C@@H](Cc1cccc(OC(F)(F)F)c1)C(=O)O. The Morgan fingerprint density at radius 2 is 2.05 bits per heavy atom.